The molecule has 0 saturated carbocycles. The van der Waals surface area contributed by atoms with Crippen molar-refractivity contribution in [1.82, 2.24) is 0 Å². The smallest absolute Gasteiger partial charge is 0.133 e. The summed E-state index contributed by atoms with van der Waals surface area (Å²) < 4.78 is 16.8. The largest absolute Gasteiger partial charge is 0.496 e. The molecular formula is C12H19BrClNO3. The molecule has 0 spiro atoms. The highest BCUT2D eigenvalue weighted by Gasteiger charge is 2.21. The third-order valence-corrected chi connectivity index (χ3v) is 3.16. The summed E-state index contributed by atoms with van der Waals surface area (Å²) in [6.07, 6.45) is -0.230. The van der Waals surface area contributed by atoms with Crippen LogP contribution in [0.5, 0.6) is 11.5 Å². The van der Waals surface area contributed by atoms with Crippen LogP contribution < -0.4 is 15.2 Å². The van der Waals surface area contributed by atoms with Crippen LogP contribution in [-0.4, -0.2) is 27.4 Å². The lowest BCUT2D eigenvalue weighted by Gasteiger charge is -2.22. The molecule has 0 amide bonds. The van der Waals surface area contributed by atoms with Gasteiger partial charge in [-0.15, -0.1) is 12.4 Å². The molecule has 6 heteroatoms. The maximum Gasteiger partial charge on any atom is 0.133 e. The van der Waals surface area contributed by atoms with E-state index in [1.54, 1.807) is 21.3 Å². The zero-order valence-electron chi connectivity index (χ0n) is 10.9. The Kier molecular flexibility index (Phi) is 7.62. The zero-order chi connectivity index (χ0) is 13.0. The van der Waals surface area contributed by atoms with Gasteiger partial charge >= 0.3 is 0 Å². The number of nitrogens with two attached hydrogens (primary N) is 1. The first-order valence-corrected chi connectivity index (χ1v) is 6.04. The highest BCUT2D eigenvalue weighted by molar-refractivity contribution is 9.10. The summed E-state index contributed by atoms with van der Waals surface area (Å²) in [5, 5.41) is 0. The van der Waals surface area contributed by atoms with Gasteiger partial charge in [-0.2, -0.15) is 0 Å². The molecule has 0 aromatic heterocycles. The van der Waals surface area contributed by atoms with E-state index in [1.165, 1.54) is 0 Å². The van der Waals surface area contributed by atoms with Gasteiger partial charge in [0.2, 0.25) is 0 Å². The van der Waals surface area contributed by atoms with E-state index < -0.39 is 0 Å². The molecule has 2 N–H and O–H groups in total. The minimum absolute atomic E-state index is 0. The van der Waals surface area contributed by atoms with Crippen molar-refractivity contribution >= 4 is 28.3 Å². The van der Waals surface area contributed by atoms with Crippen LogP contribution in [0, 0.1) is 0 Å². The topological polar surface area (TPSA) is 53.7 Å². The van der Waals surface area contributed by atoms with E-state index in [1.807, 2.05) is 19.1 Å². The molecule has 0 unspecified atom stereocenters. The highest BCUT2D eigenvalue weighted by atomic mass is 79.9. The van der Waals surface area contributed by atoms with E-state index in [0.29, 0.717) is 0 Å². The number of hydrogen-bond donors (Lipinski definition) is 1. The lowest BCUT2D eigenvalue weighted by Crippen LogP contribution is -2.26. The quantitative estimate of drug-likeness (QED) is 0.895. The van der Waals surface area contributed by atoms with E-state index in [-0.39, 0.29) is 24.6 Å². The van der Waals surface area contributed by atoms with Gasteiger partial charge in [0.05, 0.1) is 18.7 Å². The summed E-state index contributed by atoms with van der Waals surface area (Å²) in [4.78, 5) is 0. The normalized spacial score (nSPS) is 13.4. The molecule has 0 bridgehead atoms. The van der Waals surface area contributed by atoms with Crippen LogP contribution >= 0.6 is 28.3 Å². The summed E-state index contributed by atoms with van der Waals surface area (Å²) >= 11 is 3.41. The molecule has 0 fully saturated rings. The summed E-state index contributed by atoms with van der Waals surface area (Å²) in [6.45, 7) is 1.89. The van der Waals surface area contributed by atoms with Crippen LogP contribution in [-0.2, 0) is 4.74 Å². The second kappa shape index (κ2) is 7.84. The zero-order valence-corrected chi connectivity index (χ0v) is 13.3. The van der Waals surface area contributed by atoms with Crippen molar-refractivity contribution in [3.8, 4) is 11.5 Å². The van der Waals surface area contributed by atoms with Gasteiger partial charge in [0.1, 0.15) is 17.6 Å². The first-order valence-electron chi connectivity index (χ1n) is 5.25. The maximum absolute atomic E-state index is 5.90. The van der Waals surface area contributed by atoms with Gasteiger partial charge in [-0.3, -0.25) is 0 Å². The van der Waals surface area contributed by atoms with Crippen LogP contribution in [0.1, 0.15) is 18.6 Å². The van der Waals surface area contributed by atoms with Crippen molar-refractivity contribution in [2.45, 2.75) is 19.1 Å². The van der Waals surface area contributed by atoms with E-state index in [2.05, 4.69) is 15.9 Å². The molecular weight excluding hydrogens is 321 g/mol. The molecule has 4 nitrogen and oxygen atoms in total. The number of methoxy groups -OCH3 is 3. The Balaban J connectivity index is 0.00000289. The van der Waals surface area contributed by atoms with E-state index >= 15 is 0 Å². The van der Waals surface area contributed by atoms with E-state index in [4.69, 9.17) is 19.9 Å². The molecule has 0 aliphatic heterocycles. The number of halogens is 2. The molecule has 0 heterocycles. The van der Waals surface area contributed by atoms with Crippen molar-refractivity contribution in [3.05, 3.63) is 22.2 Å². The molecule has 104 valence electrons. The Morgan fingerprint density at radius 2 is 1.67 bits per heavy atom. The molecule has 18 heavy (non-hydrogen) atoms. The van der Waals surface area contributed by atoms with Gasteiger partial charge in [0.15, 0.2) is 0 Å². The molecule has 1 aromatic rings. The molecule has 0 radical (unpaired) electrons. The predicted octanol–water partition coefficient (Wildman–Crippen LogP) is 2.92. The third-order valence-electron chi connectivity index (χ3n) is 2.54. The average Bonchev–Trinajstić information content (AvgIpc) is 2.30. The predicted molar refractivity (Wildman–Crippen MR) is 77.9 cm³/mol. The Morgan fingerprint density at radius 3 is 2.06 bits per heavy atom. The summed E-state index contributed by atoms with van der Waals surface area (Å²) in [6, 6.07) is 3.59. The van der Waals surface area contributed by atoms with Crippen LogP contribution in [0.15, 0.2) is 16.6 Å². The standard InChI is InChI=1S/C12H18BrNO3.ClH/c1-7(14)12(17-4)8-5-11(16-3)9(13)6-10(8)15-2;/h5-7,12H,14H2,1-4H3;1H/t7-,12-;/m1./s1. The molecule has 0 aliphatic carbocycles. The number of hydrogen-bond acceptors (Lipinski definition) is 4. The summed E-state index contributed by atoms with van der Waals surface area (Å²) in [5.41, 5.74) is 6.78. The molecule has 1 rings (SSSR count). The third kappa shape index (κ3) is 3.75. The van der Waals surface area contributed by atoms with Gasteiger partial charge in [0.25, 0.3) is 0 Å². The average molecular weight is 341 g/mol. The second-order valence-electron chi connectivity index (χ2n) is 3.74. The van der Waals surface area contributed by atoms with Gasteiger partial charge < -0.3 is 19.9 Å². The molecule has 2 atom stereocenters. The number of rotatable bonds is 5. The SMILES string of the molecule is COc1cc([C@H](OC)[C@@H](C)N)c(OC)cc1Br.Cl. The summed E-state index contributed by atoms with van der Waals surface area (Å²) in [7, 11) is 4.86. The monoisotopic (exact) mass is 339 g/mol. The molecule has 1 aromatic carbocycles. The summed E-state index contributed by atoms with van der Waals surface area (Å²) in [5.74, 6) is 1.45. The van der Waals surface area contributed by atoms with Crippen molar-refractivity contribution in [2.24, 2.45) is 5.73 Å². The van der Waals surface area contributed by atoms with E-state index in [9.17, 15) is 0 Å². The first kappa shape index (κ1) is 17.5. The lowest BCUT2D eigenvalue weighted by atomic mass is 10.0. The fraction of sp³-hybridized carbons (Fsp3) is 0.500. The van der Waals surface area contributed by atoms with Gasteiger partial charge in [-0.1, -0.05) is 0 Å². The van der Waals surface area contributed by atoms with Gasteiger partial charge in [-0.25, -0.2) is 0 Å². The Bertz CT molecular complexity index is 388. The van der Waals surface area contributed by atoms with E-state index in [0.717, 1.165) is 21.5 Å². The van der Waals surface area contributed by atoms with Crippen molar-refractivity contribution in [2.75, 3.05) is 21.3 Å². The Labute approximate surface area is 122 Å². The van der Waals surface area contributed by atoms with Crippen molar-refractivity contribution in [1.29, 1.82) is 0 Å². The number of benzene rings is 1. The van der Waals surface area contributed by atoms with Crippen LogP contribution in [0.2, 0.25) is 0 Å². The van der Waals surface area contributed by atoms with Crippen molar-refractivity contribution in [3.63, 3.8) is 0 Å². The van der Waals surface area contributed by atoms with Gasteiger partial charge in [-0.05, 0) is 35.0 Å². The molecule has 0 saturated heterocycles. The highest BCUT2D eigenvalue weighted by Crippen LogP contribution is 2.37. The number of ether oxygens (including phenoxy) is 3. The van der Waals surface area contributed by atoms with Crippen LogP contribution in [0.4, 0.5) is 0 Å². The first-order chi connectivity index (χ1) is 8.04. The molecule has 0 aliphatic rings. The lowest BCUT2D eigenvalue weighted by molar-refractivity contribution is 0.0828. The maximum atomic E-state index is 5.90. The fourth-order valence-corrected chi connectivity index (χ4v) is 2.22. The van der Waals surface area contributed by atoms with Gasteiger partial charge in [0, 0.05) is 18.7 Å². The minimum atomic E-state index is -0.230. The fourth-order valence-electron chi connectivity index (χ4n) is 1.73. The Morgan fingerprint density at radius 1 is 1.11 bits per heavy atom. The minimum Gasteiger partial charge on any atom is -0.496 e. The van der Waals surface area contributed by atoms with Crippen LogP contribution in [0.3, 0.4) is 0 Å². The van der Waals surface area contributed by atoms with Crippen LogP contribution in [0.25, 0.3) is 0 Å². The van der Waals surface area contributed by atoms with Crippen molar-refractivity contribution < 1.29 is 14.2 Å². The second-order valence-corrected chi connectivity index (χ2v) is 4.60. The Hall–Kier alpha value is -0.490.